The highest BCUT2D eigenvalue weighted by Crippen LogP contribution is 2.18. The van der Waals surface area contributed by atoms with E-state index in [1.165, 1.54) is 0 Å². The van der Waals surface area contributed by atoms with Gasteiger partial charge in [0.1, 0.15) is 0 Å². The van der Waals surface area contributed by atoms with Crippen molar-refractivity contribution in [3.05, 3.63) is 33.5 Å². The van der Waals surface area contributed by atoms with Crippen LogP contribution in [0.2, 0.25) is 0 Å². The van der Waals surface area contributed by atoms with Crippen LogP contribution in [0.3, 0.4) is 0 Å². The Balaban J connectivity index is 2.13. The van der Waals surface area contributed by atoms with Gasteiger partial charge >= 0.3 is 0 Å². The van der Waals surface area contributed by atoms with Crippen LogP contribution in [0.1, 0.15) is 35.1 Å². The quantitative estimate of drug-likeness (QED) is 0.903. The second-order valence-electron chi connectivity index (χ2n) is 4.21. The summed E-state index contributed by atoms with van der Waals surface area (Å²) in [6, 6.07) is 2.05. The Kier molecular flexibility index (Phi) is 3.59. The van der Waals surface area contributed by atoms with Crippen molar-refractivity contribution in [1.82, 2.24) is 14.8 Å². The fourth-order valence-electron chi connectivity index (χ4n) is 1.90. The average Bonchev–Trinajstić information content (AvgIpc) is 2.85. The molecule has 0 fully saturated rings. The number of aromatic nitrogens is 3. The molecule has 0 bridgehead atoms. The molecule has 0 aliphatic rings. The van der Waals surface area contributed by atoms with Crippen LogP contribution < -0.4 is 5.73 Å². The predicted octanol–water partition coefficient (Wildman–Crippen LogP) is 1.99. The Morgan fingerprint density at radius 1 is 1.47 bits per heavy atom. The zero-order valence-electron chi connectivity index (χ0n) is 10.5. The lowest BCUT2D eigenvalue weighted by atomic mass is 10.1. The van der Waals surface area contributed by atoms with Crippen LogP contribution in [-0.2, 0) is 19.9 Å². The number of nitrogens with two attached hydrogens (primary N) is 1. The highest BCUT2D eigenvalue weighted by Gasteiger charge is 2.14. The summed E-state index contributed by atoms with van der Waals surface area (Å²) >= 11 is 1.67. The summed E-state index contributed by atoms with van der Waals surface area (Å²) in [5.74, 6) is 0. The van der Waals surface area contributed by atoms with Crippen molar-refractivity contribution in [2.75, 3.05) is 0 Å². The highest BCUT2D eigenvalue weighted by atomic mass is 32.1. The molecule has 2 aromatic heterocycles. The Bertz CT molecular complexity index is 500. The van der Waals surface area contributed by atoms with Gasteiger partial charge in [0.15, 0.2) is 0 Å². The topological polar surface area (TPSA) is 56.7 Å². The van der Waals surface area contributed by atoms with Crippen molar-refractivity contribution in [3.63, 3.8) is 0 Å². The van der Waals surface area contributed by atoms with E-state index in [0.29, 0.717) is 0 Å². The second kappa shape index (κ2) is 4.98. The van der Waals surface area contributed by atoms with Crippen LogP contribution in [-0.4, -0.2) is 14.8 Å². The molecule has 5 heteroatoms. The first-order valence-corrected chi connectivity index (χ1v) is 6.67. The molecule has 0 amide bonds. The second-order valence-corrected chi connectivity index (χ2v) is 5.27. The Morgan fingerprint density at radius 2 is 2.24 bits per heavy atom. The molecule has 92 valence electrons. The molecule has 2 heterocycles. The summed E-state index contributed by atoms with van der Waals surface area (Å²) in [7, 11) is 1.95. The molecular formula is C12H18N4S. The van der Waals surface area contributed by atoms with Crippen molar-refractivity contribution >= 4 is 11.3 Å². The normalized spacial score (nSPS) is 12.9. The molecule has 0 aliphatic heterocycles. The Morgan fingerprint density at radius 3 is 2.76 bits per heavy atom. The first kappa shape index (κ1) is 12.3. The molecule has 0 saturated heterocycles. The first-order chi connectivity index (χ1) is 8.10. The van der Waals surface area contributed by atoms with E-state index in [1.54, 1.807) is 11.3 Å². The van der Waals surface area contributed by atoms with Gasteiger partial charge in [-0.2, -0.15) is 5.10 Å². The van der Waals surface area contributed by atoms with Gasteiger partial charge < -0.3 is 5.73 Å². The van der Waals surface area contributed by atoms with Crippen molar-refractivity contribution in [1.29, 1.82) is 0 Å². The third kappa shape index (κ3) is 2.73. The van der Waals surface area contributed by atoms with E-state index in [2.05, 4.69) is 28.5 Å². The maximum Gasteiger partial charge on any atom is 0.0897 e. The smallest absolute Gasteiger partial charge is 0.0897 e. The van der Waals surface area contributed by atoms with Gasteiger partial charge in [0.05, 0.1) is 28.1 Å². The molecule has 2 N–H and O–H groups in total. The standard InChI is InChI=1S/C12H18N4S/c1-4-9-6-12(16(3)15-9)11(13)5-10-7-17-8(2)14-10/h6-7,11H,4-5,13H2,1-3H3. The minimum atomic E-state index is -0.0331. The summed E-state index contributed by atoms with van der Waals surface area (Å²) in [5.41, 5.74) is 9.44. The SMILES string of the molecule is CCc1cc(C(N)Cc2csc(C)n2)n(C)n1. The molecular weight excluding hydrogens is 232 g/mol. The summed E-state index contributed by atoms with van der Waals surface area (Å²) in [4.78, 5) is 4.44. The van der Waals surface area contributed by atoms with E-state index in [0.717, 1.165) is 34.9 Å². The molecule has 0 aliphatic carbocycles. The van der Waals surface area contributed by atoms with E-state index in [4.69, 9.17) is 5.73 Å². The number of rotatable bonds is 4. The predicted molar refractivity (Wildman–Crippen MR) is 70.1 cm³/mol. The lowest BCUT2D eigenvalue weighted by molar-refractivity contribution is 0.609. The van der Waals surface area contributed by atoms with Gasteiger partial charge in [-0.1, -0.05) is 6.92 Å². The summed E-state index contributed by atoms with van der Waals surface area (Å²) < 4.78 is 1.88. The van der Waals surface area contributed by atoms with E-state index >= 15 is 0 Å². The van der Waals surface area contributed by atoms with E-state index in [1.807, 2.05) is 18.7 Å². The fourth-order valence-corrected chi connectivity index (χ4v) is 2.52. The van der Waals surface area contributed by atoms with Gasteiger partial charge in [-0.05, 0) is 19.4 Å². The van der Waals surface area contributed by atoms with Gasteiger partial charge in [0, 0.05) is 18.8 Å². The molecule has 0 saturated carbocycles. The molecule has 4 nitrogen and oxygen atoms in total. The monoisotopic (exact) mass is 250 g/mol. The lowest BCUT2D eigenvalue weighted by Gasteiger charge is -2.09. The first-order valence-electron chi connectivity index (χ1n) is 5.79. The number of aryl methyl sites for hydroxylation is 3. The van der Waals surface area contributed by atoms with Crippen molar-refractivity contribution in [2.45, 2.75) is 32.7 Å². The number of hydrogen-bond donors (Lipinski definition) is 1. The Labute approximate surface area is 105 Å². The molecule has 0 spiro atoms. The minimum absolute atomic E-state index is 0.0331. The van der Waals surface area contributed by atoms with E-state index in [-0.39, 0.29) is 6.04 Å². The van der Waals surface area contributed by atoms with Gasteiger partial charge in [-0.15, -0.1) is 11.3 Å². The Hall–Kier alpha value is -1.20. The van der Waals surface area contributed by atoms with Gasteiger partial charge in [-0.3, -0.25) is 4.68 Å². The summed E-state index contributed by atoms with van der Waals surface area (Å²) in [6.45, 7) is 4.11. The minimum Gasteiger partial charge on any atom is -0.322 e. The zero-order valence-corrected chi connectivity index (χ0v) is 11.3. The van der Waals surface area contributed by atoms with Crippen molar-refractivity contribution < 1.29 is 0 Å². The van der Waals surface area contributed by atoms with Gasteiger partial charge in [0.2, 0.25) is 0 Å². The van der Waals surface area contributed by atoms with Crippen LogP contribution >= 0.6 is 11.3 Å². The van der Waals surface area contributed by atoms with E-state index < -0.39 is 0 Å². The van der Waals surface area contributed by atoms with Crippen molar-refractivity contribution in [3.8, 4) is 0 Å². The van der Waals surface area contributed by atoms with Crippen LogP contribution in [0.5, 0.6) is 0 Å². The third-order valence-electron chi connectivity index (χ3n) is 2.80. The molecule has 0 radical (unpaired) electrons. The van der Waals surface area contributed by atoms with Crippen LogP contribution in [0.25, 0.3) is 0 Å². The fraction of sp³-hybridized carbons (Fsp3) is 0.500. The zero-order chi connectivity index (χ0) is 12.4. The molecule has 1 unspecified atom stereocenters. The number of nitrogens with zero attached hydrogens (tertiary/aromatic N) is 3. The number of thiazole rings is 1. The van der Waals surface area contributed by atoms with Crippen LogP contribution in [0.15, 0.2) is 11.4 Å². The van der Waals surface area contributed by atoms with Gasteiger partial charge in [0.25, 0.3) is 0 Å². The summed E-state index contributed by atoms with van der Waals surface area (Å²) in [5, 5.41) is 7.58. The molecule has 0 aromatic carbocycles. The summed E-state index contributed by atoms with van der Waals surface area (Å²) in [6.07, 6.45) is 1.71. The molecule has 2 aromatic rings. The van der Waals surface area contributed by atoms with Crippen LogP contribution in [0.4, 0.5) is 0 Å². The van der Waals surface area contributed by atoms with E-state index in [9.17, 15) is 0 Å². The van der Waals surface area contributed by atoms with Crippen molar-refractivity contribution in [2.24, 2.45) is 12.8 Å². The van der Waals surface area contributed by atoms with Gasteiger partial charge in [-0.25, -0.2) is 4.98 Å². The third-order valence-corrected chi connectivity index (χ3v) is 3.63. The maximum absolute atomic E-state index is 6.21. The average molecular weight is 250 g/mol. The maximum atomic E-state index is 6.21. The van der Waals surface area contributed by atoms with Crippen LogP contribution in [0, 0.1) is 6.92 Å². The number of hydrogen-bond acceptors (Lipinski definition) is 4. The molecule has 17 heavy (non-hydrogen) atoms. The molecule has 2 rings (SSSR count). The largest absolute Gasteiger partial charge is 0.322 e. The lowest BCUT2D eigenvalue weighted by Crippen LogP contribution is -2.17. The highest BCUT2D eigenvalue weighted by molar-refractivity contribution is 7.09. The molecule has 1 atom stereocenters.